The fraction of sp³-hybridized carbons (Fsp3) is 0.333. The van der Waals surface area contributed by atoms with Gasteiger partial charge in [0.1, 0.15) is 12.1 Å². The molecule has 2 N–H and O–H groups in total. The number of carbonyl (C=O) groups is 1. The maximum absolute atomic E-state index is 14.3. The molecule has 0 atom stereocenters. The monoisotopic (exact) mass is 475 g/mol. The number of urea groups is 1. The Hall–Kier alpha value is -3.38. The van der Waals surface area contributed by atoms with Crippen LogP contribution in [-0.4, -0.2) is 53.2 Å². The highest BCUT2D eigenvalue weighted by atomic mass is 32.2. The molecule has 2 amide bonds. The number of amides is 2. The molecular formula is C21H26FN7O3S. The van der Waals surface area contributed by atoms with Gasteiger partial charge >= 0.3 is 6.03 Å². The highest BCUT2D eigenvalue weighted by molar-refractivity contribution is 7.90. The van der Waals surface area contributed by atoms with Crippen LogP contribution in [0.25, 0.3) is 11.1 Å². The summed E-state index contributed by atoms with van der Waals surface area (Å²) in [6, 6.07) is 2.94. The maximum atomic E-state index is 14.3. The van der Waals surface area contributed by atoms with Crippen molar-refractivity contribution >= 4 is 21.7 Å². The van der Waals surface area contributed by atoms with Crippen molar-refractivity contribution in [3.8, 4) is 11.1 Å². The molecule has 2 aromatic heterocycles. The summed E-state index contributed by atoms with van der Waals surface area (Å²) in [5, 5.41) is 6.30. The predicted molar refractivity (Wildman–Crippen MR) is 121 cm³/mol. The molecule has 10 nitrogen and oxygen atoms in total. The Kier molecular flexibility index (Phi) is 7.08. The van der Waals surface area contributed by atoms with E-state index in [0.29, 0.717) is 28.9 Å². The van der Waals surface area contributed by atoms with Gasteiger partial charge in [-0.1, -0.05) is 13.8 Å². The number of sulfonamides is 1. The van der Waals surface area contributed by atoms with Crippen molar-refractivity contribution in [3.05, 3.63) is 54.0 Å². The molecule has 0 spiro atoms. The van der Waals surface area contributed by atoms with E-state index in [0.717, 1.165) is 0 Å². The smallest absolute Gasteiger partial charge is 0.306 e. The third kappa shape index (κ3) is 5.71. The fourth-order valence-electron chi connectivity index (χ4n) is 3.28. The molecular weight excluding hydrogens is 449 g/mol. The number of halogens is 1. The van der Waals surface area contributed by atoms with Gasteiger partial charge in [-0.25, -0.2) is 23.9 Å². The SMILES string of the molecule is CC(C)c1cc(F)cc(-c2cncnc2)c1NC(=O)NS(=O)(=O)c1cc(CN(C)C)n(C)n1. The molecule has 0 aliphatic rings. The van der Waals surface area contributed by atoms with Crippen LogP contribution in [0.3, 0.4) is 0 Å². The summed E-state index contributed by atoms with van der Waals surface area (Å²) in [7, 11) is 1.07. The largest absolute Gasteiger partial charge is 0.333 e. The lowest BCUT2D eigenvalue weighted by molar-refractivity contribution is 0.256. The summed E-state index contributed by atoms with van der Waals surface area (Å²) in [6.07, 6.45) is 4.29. The zero-order valence-corrected chi connectivity index (χ0v) is 19.8. The van der Waals surface area contributed by atoms with Crippen LogP contribution in [0, 0.1) is 5.82 Å². The van der Waals surface area contributed by atoms with E-state index in [2.05, 4.69) is 20.4 Å². The Morgan fingerprint density at radius 1 is 1.18 bits per heavy atom. The average Bonchev–Trinajstić information content (AvgIpc) is 3.09. The van der Waals surface area contributed by atoms with Crippen molar-refractivity contribution < 1.29 is 17.6 Å². The average molecular weight is 476 g/mol. The molecule has 2 heterocycles. The number of carbonyl (C=O) groups excluding carboxylic acids is 1. The van der Waals surface area contributed by atoms with Crippen LogP contribution in [0.1, 0.15) is 31.0 Å². The second-order valence-electron chi connectivity index (χ2n) is 8.09. The van der Waals surface area contributed by atoms with Gasteiger partial charge in [0.25, 0.3) is 10.0 Å². The second-order valence-corrected chi connectivity index (χ2v) is 9.72. The Labute approximate surface area is 191 Å². The van der Waals surface area contributed by atoms with Gasteiger partial charge < -0.3 is 10.2 Å². The van der Waals surface area contributed by atoms with Crippen LogP contribution in [0.15, 0.2) is 41.9 Å². The number of aryl methyl sites for hydroxylation is 1. The Morgan fingerprint density at radius 3 is 2.45 bits per heavy atom. The molecule has 0 radical (unpaired) electrons. The van der Waals surface area contributed by atoms with Gasteiger partial charge in [-0.15, -0.1) is 0 Å². The number of hydrogen-bond acceptors (Lipinski definition) is 7. The standard InChI is InChI=1S/C21H26FN7O3S/c1-13(2)17-6-15(22)7-18(14-9-23-12-24-10-14)20(17)25-21(30)27-33(31,32)19-8-16(11-28(3)4)29(5)26-19/h6-10,12-13H,11H2,1-5H3,(H2,25,27,30). The van der Waals surface area contributed by atoms with Crippen LogP contribution < -0.4 is 10.0 Å². The number of nitrogens with zero attached hydrogens (tertiary/aromatic N) is 5. The molecule has 0 saturated carbocycles. The number of rotatable bonds is 7. The minimum atomic E-state index is -4.25. The van der Waals surface area contributed by atoms with Crippen LogP contribution in [0.2, 0.25) is 0 Å². The summed E-state index contributed by atoms with van der Waals surface area (Å²) in [5.74, 6) is -0.668. The summed E-state index contributed by atoms with van der Waals surface area (Å²) in [4.78, 5) is 22.5. The minimum absolute atomic E-state index is 0.166. The molecule has 12 heteroatoms. The van der Waals surface area contributed by atoms with Gasteiger partial charge in [0.2, 0.25) is 0 Å². The minimum Gasteiger partial charge on any atom is -0.306 e. The third-order valence-corrected chi connectivity index (χ3v) is 6.00. The molecule has 0 unspecified atom stereocenters. The third-order valence-electron chi connectivity index (χ3n) is 4.80. The molecule has 0 bridgehead atoms. The van der Waals surface area contributed by atoms with E-state index in [1.807, 2.05) is 37.6 Å². The number of benzene rings is 1. The van der Waals surface area contributed by atoms with Gasteiger partial charge in [0, 0.05) is 43.2 Å². The van der Waals surface area contributed by atoms with E-state index in [4.69, 9.17) is 0 Å². The van der Waals surface area contributed by atoms with Crippen molar-refractivity contribution in [1.82, 2.24) is 29.4 Å². The lowest BCUT2D eigenvalue weighted by Crippen LogP contribution is -2.35. The van der Waals surface area contributed by atoms with E-state index < -0.39 is 21.9 Å². The van der Waals surface area contributed by atoms with E-state index in [1.165, 1.54) is 41.6 Å². The first kappa shape index (κ1) is 24.3. The van der Waals surface area contributed by atoms with Gasteiger partial charge in [-0.3, -0.25) is 4.68 Å². The lowest BCUT2D eigenvalue weighted by Gasteiger charge is -2.18. The zero-order valence-electron chi connectivity index (χ0n) is 19.0. The number of aromatic nitrogens is 4. The van der Waals surface area contributed by atoms with Crippen LogP contribution >= 0.6 is 0 Å². The maximum Gasteiger partial charge on any atom is 0.333 e. The molecule has 176 valence electrons. The Morgan fingerprint density at radius 2 is 1.85 bits per heavy atom. The van der Waals surface area contributed by atoms with Crippen molar-refractivity contribution in [3.63, 3.8) is 0 Å². The molecule has 3 aromatic rings. The van der Waals surface area contributed by atoms with E-state index in [-0.39, 0.29) is 16.6 Å². The molecule has 33 heavy (non-hydrogen) atoms. The number of nitrogens with one attached hydrogen (secondary N) is 2. The van der Waals surface area contributed by atoms with Crippen LogP contribution in [-0.2, 0) is 23.6 Å². The normalized spacial score (nSPS) is 11.8. The predicted octanol–water partition coefficient (Wildman–Crippen LogP) is 2.71. The summed E-state index contributed by atoms with van der Waals surface area (Å²) < 4.78 is 43.3. The van der Waals surface area contributed by atoms with Crippen molar-refractivity contribution in [2.75, 3.05) is 19.4 Å². The van der Waals surface area contributed by atoms with Gasteiger partial charge in [-0.05, 0) is 37.7 Å². The van der Waals surface area contributed by atoms with E-state index >= 15 is 0 Å². The molecule has 0 fully saturated rings. The topological polar surface area (TPSA) is 122 Å². The Balaban J connectivity index is 1.93. The van der Waals surface area contributed by atoms with Crippen LogP contribution in [0.5, 0.6) is 0 Å². The Bertz CT molecular complexity index is 1260. The highest BCUT2D eigenvalue weighted by Crippen LogP contribution is 2.35. The molecule has 0 aliphatic carbocycles. The number of hydrogen-bond donors (Lipinski definition) is 2. The molecule has 1 aromatic carbocycles. The van der Waals surface area contributed by atoms with Gasteiger partial charge in [0.15, 0.2) is 5.03 Å². The molecule has 3 rings (SSSR count). The first-order valence-corrected chi connectivity index (χ1v) is 11.6. The zero-order chi connectivity index (χ0) is 24.3. The van der Waals surface area contributed by atoms with Crippen molar-refractivity contribution in [2.24, 2.45) is 7.05 Å². The second kappa shape index (κ2) is 9.63. The van der Waals surface area contributed by atoms with Gasteiger partial charge in [0.05, 0.1) is 11.4 Å². The summed E-state index contributed by atoms with van der Waals surface area (Å²) in [6.45, 7) is 4.14. The summed E-state index contributed by atoms with van der Waals surface area (Å²) in [5.41, 5.74) is 2.22. The highest BCUT2D eigenvalue weighted by Gasteiger charge is 2.24. The number of anilines is 1. The first-order chi connectivity index (χ1) is 15.5. The molecule has 0 aliphatic heterocycles. The van der Waals surface area contributed by atoms with E-state index in [1.54, 1.807) is 7.05 Å². The molecule has 0 saturated heterocycles. The van der Waals surface area contributed by atoms with Crippen molar-refractivity contribution in [2.45, 2.75) is 31.3 Å². The quantitative estimate of drug-likeness (QED) is 0.539. The first-order valence-electron chi connectivity index (χ1n) is 10.1. The van der Waals surface area contributed by atoms with Gasteiger partial charge in [-0.2, -0.15) is 13.5 Å². The van der Waals surface area contributed by atoms with E-state index in [9.17, 15) is 17.6 Å². The fourth-order valence-corrected chi connectivity index (χ4v) is 4.20. The van der Waals surface area contributed by atoms with Crippen LogP contribution in [0.4, 0.5) is 14.9 Å². The summed E-state index contributed by atoms with van der Waals surface area (Å²) >= 11 is 0. The lowest BCUT2D eigenvalue weighted by atomic mass is 9.95. The van der Waals surface area contributed by atoms with Crippen molar-refractivity contribution in [1.29, 1.82) is 0 Å².